The zero-order chi connectivity index (χ0) is 24.2. The second kappa shape index (κ2) is 13.0. The Morgan fingerprint density at radius 3 is 2.00 bits per heavy atom. The molecule has 3 aromatic rings. The van der Waals surface area contributed by atoms with E-state index in [1.54, 1.807) is 43.5 Å². The number of phenols is 4. The lowest BCUT2D eigenvalue weighted by atomic mass is 10.0. The molecule has 3 aromatic carbocycles. The van der Waals surface area contributed by atoms with Gasteiger partial charge in [0.2, 0.25) is 0 Å². The topological polar surface area (TPSA) is 107 Å². The molecule has 0 aromatic heterocycles. The van der Waals surface area contributed by atoms with E-state index < -0.39 is 0 Å². The molecule has 0 atom stereocenters. The Balaban J connectivity index is 0.000000245. The maximum Gasteiger partial charge on any atom is 0.170 e. The van der Waals surface area contributed by atoms with Crippen LogP contribution in [0, 0.1) is 0 Å². The van der Waals surface area contributed by atoms with E-state index in [4.69, 9.17) is 9.84 Å². The first-order valence-electron chi connectivity index (χ1n) is 11.0. The minimum Gasteiger partial charge on any atom is -0.508 e. The number of methoxy groups -OCH3 is 1. The summed E-state index contributed by atoms with van der Waals surface area (Å²) in [5, 5.41) is 37.4. The number of carbonyl (C=O) groups excluding carboxylic acids is 1. The molecule has 0 amide bonds. The van der Waals surface area contributed by atoms with Crippen molar-refractivity contribution in [1.29, 1.82) is 0 Å². The average molecular weight is 453 g/mol. The third kappa shape index (κ3) is 8.41. The van der Waals surface area contributed by atoms with Gasteiger partial charge in [-0.1, -0.05) is 44.4 Å². The number of unbranched alkanes of at least 4 members (excludes halogenated alkanes) is 3. The van der Waals surface area contributed by atoms with Gasteiger partial charge in [0.1, 0.15) is 28.7 Å². The van der Waals surface area contributed by atoms with Gasteiger partial charge in [0.25, 0.3) is 0 Å². The highest BCUT2D eigenvalue weighted by molar-refractivity contribution is 6.00. The van der Waals surface area contributed by atoms with Crippen LogP contribution < -0.4 is 4.74 Å². The van der Waals surface area contributed by atoms with Crippen molar-refractivity contribution >= 4 is 5.78 Å². The predicted octanol–water partition coefficient (Wildman–Crippen LogP) is 5.75. The zero-order valence-corrected chi connectivity index (χ0v) is 19.1. The van der Waals surface area contributed by atoms with E-state index in [0.717, 1.165) is 35.8 Å². The van der Waals surface area contributed by atoms with Crippen molar-refractivity contribution in [2.45, 2.75) is 45.4 Å². The van der Waals surface area contributed by atoms with E-state index in [9.17, 15) is 20.1 Å². The fourth-order valence-corrected chi connectivity index (χ4v) is 3.29. The Morgan fingerprint density at radius 1 is 0.788 bits per heavy atom. The molecule has 0 fully saturated rings. The summed E-state index contributed by atoms with van der Waals surface area (Å²) in [6.45, 7) is 2.18. The van der Waals surface area contributed by atoms with Crippen LogP contribution in [0.3, 0.4) is 0 Å². The molecular weight excluding hydrogens is 420 g/mol. The Bertz CT molecular complexity index is 1030. The van der Waals surface area contributed by atoms with Crippen LogP contribution in [-0.2, 0) is 12.8 Å². The third-order valence-corrected chi connectivity index (χ3v) is 5.17. The number of carbonyl (C=O) groups is 1. The molecule has 6 heteroatoms. The summed E-state index contributed by atoms with van der Waals surface area (Å²) >= 11 is 0. The summed E-state index contributed by atoms with van der Waals surface area (Å²) in [5.74, 6) is 0.574. The smallest absolute Gasteiger partial charge is 0.170 e. The fraction of sp³-hybridized carbons (Fsp3) is 0.296. The minimum absolute atomic E-state index is 0.0708. The number of benzene rings is 3. The predicted molar refractivity (Wildman–Crippen MR) is 128 cm³/mol. The number of hydrogen-bond acceptors (Lipinski definition) is 6. The highest BCUT2D eigenvalue weighted by atomic mass is 16.5. The fourth-order valence-electron chi connectivity index (χ4n) is 3.29. The lowest BCUT2D eigenvalue weighted by Crippen LogP contribution is -2.03. The Morgan fingerprint density at radius 2 is 1.42 bits per heavy atom. The molecule has 33 heavy (non-hydrogen) atoms. The molecule has 0 bridgehead atoms. The van der Waals surface area contributed by atoms with Gasteiger partial charge in [-0.15, -0.1) is 0 Å². The van der Waals surface area contributed by atoms with E-state index >= 15 is 0 Å². The first-order valence-corrected chi connectivity index (χ1v) is 11.0. The molecule has 4 N–H and O–H groups in total. The molecule has 6 nitrogen and oxygen atoms in total. The second-order valence-corrected chi connectivity index (χ2v) is 7.77. The van der Waals surface area contributed by atoms with Gasteiger partial charge in [-0.05, 0) is 54.3 Å². The Kier molecular flexibility index (Phi) is 10.1. The molecule has 0 saturated carbocycles. The van der Waals surface area contributed by atoms with Crippen LogP contribution in [0.2, 0.25) is 0 Å². The molecule has 0 unspecified atom stereocenters. The van der Waals surface area contributed by atoms with Crippen molar-refractivity contribution in [3.8, 4) is 28.7 Å². The normalized spacial score (nSPS) is 10.2. The van der Waals surface area contributed by atoms with Gasteiger partial charge in [0.15, 0.2) is 5.78 Å². The number of Topliss-reactive ketones (excluding diaryl/α,β-unsaturated/α-hetero) is 1. The van der Waals surface area contributed by atoms with Gasteiger partial charge >= 0.3 is 0 Å². The van der Waals surface area contributed by atoms with Crippen molar-refractivity contribution in [1.82, 2.24) is 0 Å². The number of aryl methyl sites for hydroxylation is 1. The van der Waals surface area contributed by atoms with E-state index in [2.05, 4.69) is 6.92 Å². The van der Waals surface area contributed by atoms with E-state index in [0.29, 0.717) is 0 Å². The maximum absolute atomic E-state index is 12.0. The van der Waals surface area contributed by atoms with Crippen molar-refractivity contribution in [3.05, 3.63) is 77.4 Å². The van der Waals surface area contributed by atoms with Crippen molar-refractivity contribution in [2.24, 2.45) is 0 Å². The van der Waals surface area contributed by atoms with Crippen LogP contribution in [0.25, 0.3) is 0 Å². The Hall–Kier alpha value is -3.67. The summed E-state index contributed by atoms with van der Waals surface area (Å²) in [7, 11) is 1.58. The molecule has 0 aliphatic rings. The van der Waals surface area contributed by atoms with E-state index in [1.807, 2.05) is 0 Å². The number of rotatable bonds is 9. The SMILES string of the molecule is CCCCCCc1ccc(O)cc1O.COc1ccc(CC(=O)c2ccc(O)cc2O)cc1. The summed E-state index contributed by atoms with van der Waals surface area (Å²) in [6, 6.07) is 15.9. The molecule has 0 radical (unpaired) electrons. The standard InChI is InChI=1S/C15H14O4.C12H18O2/c1-19-12-5-2-10(3-6-12)8-14(17)13-7-4-11(16)9-15(13)18;1-2-3-4-5-6-10-7-8-11(13)9-12(10)14/h2-7,9,16,18H,8H2,1H3;7-9,13-14H,2-6H2,1H3. The van der Waals surface area contributed by atoms with Crippen LogP contribution in [0.1, 0.15) is 54.1 Å². The number of ether oxygens (including phenoxy) is 1. The van der Waals surface area contributed by atoms with Gasteiger partial charge < -0.3 is 25.2 Å². The van der Waals surface area contributed by atoms with E-state index in [1.165, 1.54) is 37.5 Å². The zero-order valence-electron chi connectivity index (χ0n) is 19.1. The highest BCUT2D eigenvalue weighted by Gasteiger charge is 2.12. The Labute approximate surface area is 194 Å². The van der Waals surface area contributed by atoms with Crippen LogP contribution in [0.15, 0.2) is 60.7 Å². The lowest BCUT2D eigenvalue weighted by Gasteiger charge is -2.05. The number of phenolic OH excluding ortho intramolecular Hbond substituents is 4. The lowest BCUT2D eigenvalue weighted by molar-refractivity contribution is 0.0990. The van der Waals surface area contributed by atoms with Gasteiger partial charge in [-0.3, -0.25) is 4.79 Å². The van der Waals surface area contributed by atoms with Crippen molar-refractivity contribution in [3.63, 3.8) is 0 Å². The quantitative estimate of drug-likeness (QED) is 0.243. The van der Waals surface area contributed by atoms with Gasteiger partial charge in [0, 0.05) is 18.6 Å². The van der Waals surface area contributed by atoms with Gasteiger partial charge in [-0.25, -0.2) is 0 Å². The first-order chi connectivity index (χ1) is 15.8. The number of aromatic hydroxyl groups is 4. The van der Waals surface area contributed by atoms with Crippen LogP contribution in [-0.4, -0.2) is 33.3 Å². The minimum atomic E-state index is -0.210. The van der Waals surface area contributed by atoms with Gasteiger partial charge in [0.05, 0.1) is 12.7 Å². The molecule has 176 valence electrons. The summed E-state index contributed by atoms with van der Waals surface area (Å²) < 4.78 is 5.04. The molecule has 0 spiro atoms. The van der Waals surface area contributed by atoms with Gasteiger partial charge in [-0.2, -0.15) is 0 Å². The van der Waals surface area contributed by atoms with Crippen LogP contribution in [0.4, 0.5) is 0 Å². The molecular formula is C27H32O6. The largest absolute Gasteiger partial charge is 0.508 e. The third-order valence-electron chi connectivity index (χ3n) is 5.17. The molecule has 0 saturated heterocycles. The molecule has 0 aliphatic heterocycles. The average Bonchev–Trinajstić information content (AvgIpc) is 2.79. The molecule has 0 heterocycles. The molecule has 0 aliphatic carbocycles. The van der Waals surface area contributed by atoms with Crippen LogP contribution in [0.5, 0.6) is 28.7 Å². The first kappa shape index (κ1) is 25.6. The molecule has 3 rings (SSSR count). The van der Waals surface area contributed by atoms with Crippen LogP contribution >= 0.6 is 0 Å². The number of ketones is 1. The number of hydrogen-bond donors (Lipinski definition) is 4. The summed E-state index contributed by atoms with van der Waals surface area (Å²) in [5.41, 5.74) is 1.96. The monoisotopic (exact) mass is 452 g/mol. The van der Waals surface area contributed by atoms with Crippen molar-refractivity contribution < 1.29 is 30.0 Å². The highest BCUT2D eigenvalue weighted by Crippen LogP contribution is 2.25. The summed E-state index contributed by atoms with van der Waals surface area (Å²) in [6.07, 6.45) is 5.86. The second-order valence-electron chi connectivity index (χ2n) is 7.77. The maximum atomic E-state index is 12.0. The summed E-state index contributed by atoms with van der Waals surface area (Å²) in [4.78, 5) is 12.0. The van der Waals surface area contributed by atoms with Crippen molar-refractivity contribution in [2.75, 3.05) is 7.11 Å². The van der Waals surface area contributed by atoms with E-state index in [-0.39, 0.29) is 40.8 Å².